The molecule has 35 heavy (non-hydrogen) atoms. The number of para-hydroxylation sites is 1. The number of thiophene rings is 1. The third kappa shape index (κ3) is 5.04. The fourth-order valence-electron chi connectivity index (χ4n) is 3.20. The highest BCUT2D eigenvalue weighted by molar-refractivity contribution is 7.21. The number of benzene rings is 1. The van der Waals surface area contributed by atoms with Gasteiger partial charge < -0.3 is 15.8 Å². The number of aromatic nitrogens is 3. The first kappa shape index (κ1) is 24.8. The predicted molar refractivity (Wildman–Crippen MR) is 125 cm³/mol. The molecule has 0 aliphatic heterocycles. The first-order chi connectivity index (χ1) is 16.5. The standard InChI is InChI=1S/C21H14Cl2F3N5O3S/c1-9-7-13(21(24,25)26)28-20-14(9)15(17(35-20)18(27)32)29-19(33)12-5-6-31(30-12)8-34-16-10(22)3-2-4-11(16)23/h2-7H,8H2,1H3,(H2,27,32)(H,29,33). The summed E-state index contributed by atoms with van der Waals surface area (Å²) in [6.45, 7) is 1.30. The number of carbonyl (C=O) groups excluding carboxylic acids is 2. The highest BCUT2D eigenvalue weighted by Gasteiger charge is 2.34. The molecule has 0 bridgehead atoms. The first-order valence-electron chi connectivity index (χ1n) is 9.68. The van der Waals surface area contributed by atoms with E-state index in [0.29, 0.717) is 21.4 Å². The van der Waals surface area contributed by atoms with Gasteiger partial charge >= 0.3 is 6.18 Å². The van der Waals surface area contributed by atoms with Crippen LogP contribution in [0.1, 0.15) is 31.4 Å². The summed E-state index contributed by atoms with van der Waals surface area (Å²) in [6.07, 6.45) is -3.22. The lowest BCUT2D eigenvalue weighted by Gasteiger charge is -2.10. The highest BCUT2D eigenvalue weighted by Crippen LogP contribution is 2.40. The molecule has 14 heteroatoms. The molecule has 4 rings (SSSR count). The number of anilines is 1. The number of hydrogen-bond donors (Lipinski definition) is 2. The van der Waals surface area contributed by atoms with E-state index in [1.54, 1.807) is 18.2 Å². The molecule has 0 radical (unpaired) electrons. The van der Waals surface area contributed by atoms with Crippen LogP contribution in [0.4, 0.5) is 18.9 Å². The lowest BCUT2D eigenvalue weighted by Crippen LogP contribution is -2.18. The van der Waals surface area contributed by atoms with Gasteiger partial charge in [0, 0.05) is 11.6 Å². The summed E-state index contributed by atoms with van der Waals surface area (Å²) in [5, 5.41) is 7.40. The number of ether oxygens (including phenoxy) is 1. The van der Waals surface area contributed by atoms with Crippen LogP contribution >= 0.6 is 34.5 Å². The van der Waals surface area contributed by atoms with E-state index in [-0.39, 0.29) is 44.5 Å². The van der Waals surface area contributed by atoms with Crippen molar-refractivity contribution in [2.75, 3.05) is 5.32 Å². The van der Waals surface area contributed by atoms with E-state index in [2.05, 4.69) is 15.4 Å². The Morgan fingerprint density at radius 2 is 1.91 bits per heavy atom. The van der Waals surface area contributed by atoms with E-state index in [4.69, 9.17) is 33.7 Å². The smallest absolute Gasteiger partial charge is 0.433 e. The molecule has 4 aromatic rings. The van der Waals surface area contributed by atoms with Crippen molar-refractivity contribution in [1.29, 1.82) is 0 Å². The largest absolute Gasteiger partial charge is 0.468 e. The number of halogens is 5. The molecule has 182 valence electrons. The van der Waals surface area contributed by atoms with Gasteiger partial charge in [-0.3, -0.25) is 9.59 Å². The molecule has 0 saturated carbocycles. The molecule has 0 aliphatic carbocycles. The Balaban J connectivity index is 1.60. The average molecular weight is 544 g/mol. The lowest BCUT2D eigenvalue weighted by atomic mass is 10.1. The van der Waals surface area contributed by atoms with Gasteiger partial charge in [0.1, 0.15) is 15.4 Å². The van der Waals surface area contributed by atoms with Crippen molar-refractivity contribution in [2.45, 2.75) is 19.8 Å². The number of rotatable bonds is 6. The number of nitrogens with one attached hydrogen (secondary N) is 1. The quantitative estimate of drug-likeness (QED) is 0.332. The second-order valence-corrected chi connectivity index (χ2v) is 9.01. The number of hydrogen-bond acceptors (Lipinski definition) is 6. The SMILES string of the molecule is Cc1cc(C(F)(F)F)nc2sc(C(N)=O)c(NC(=O)c3ccn(COc4c(Cl)cccc4Cl)n3)c12. The van der Waals surface area contributed by atoms with Crippen molar-refractivity contribution < 1.29 is 27.5 Å². The van der Waals surface area contributed by atoms with Crippen LogP contribution in [0, 0.1) is 6.92 Å². The van der Waals surface area contributed by atoms with Crippen LogP contribution < -0.4 is 15.8 Å². The van der Waals surface area contributed by atoms with Gasteiger partial charge in [0.25, 0.3) is 11.8 Å². The van der Waals surface area contributed by atoms with Crippen molar-refractivity contribution in [1.82, 2.24) is 14.8 Å². The Bertz CT molecular complexity index is 1450. The maximum atomic E-state index is 13.2. The molecule has 1 aromatic carbocycles. The molecule has 3 heterocycles. The van der Waals surface area contributed by atoms with E-state index < -0.39 is 23.7 Å². The van der Waals surface area contributed by atoms with Gasteiger partial charge in [-0.25, -0.2) is 9.67 Å². The van der Waals surface area contributed by atoms with Crippen molar-refractivity contribution in [3.8, 4) is 5.75 Å². The molecule has 0 unspecified atom stereocenters. The number of amides is 2. The third-order valence-corrected chi connectivity index (χ3v) is 6.44. The molecule has 0 atom stereocenters. The molecule has 2 amide bonds. The highest BCUT2D eigenvalue weighted by atomic mass is 35.5. The zero-order valence-corrected chi connectivity index (χ0v) is 19.9. The second-order valence-electron chi connectivity index (χ2n) is 7.19. The van der Waals surface area contributed by atoms with Gasteiger partial charge in [-0.2, -0.15) is 18.3 Å². The minimum atomic E-state index is -4.68. The number of aryl methyl sites for hydroxylation is 1. The number of primary amides is 1. The van der Waals surface area contributed by atoms with Crippen LogP contribution in [0.25, 0.3) is 10.2 Å². The Hall–Kier alpha value is -3.35. The summed E-state index contributed by atoms with van der Waals surface area (Å²) < 4.78 is 46.3. The van der Waals surface area contributed by atoms with Crippen LogP contribution in [-0.4, -0.2) is 26.6 Å². The monoisotopic (exact) mass is 543 g/mol. The van der Waals surface area contributed by atoms with Gasteiger partial charge in [-0.05, 0) is 36.8 Å². The Kier molecular flexibility index (Phi) is 6.62. The van der Waals surface area contributed by atoms with E-state index in [9.17, 15) is 22.8 Å². The van der Waals surface area contributed by atoms with Gasteiger partial charge in [-0.15, -0.1) is 11.3 Å². The molecule has 3 aromatic heterocycles. The van der Waals surface area contributed by atoms with Gasteiger partial charge in [0.15, 0.2) is 18.2 Å². The Labute approximate surface area is 209 Å². The fraction of sp³-hybridized carbons (Fsp3) is 0.143. The van der Waals surface area contributed by atoms with E-state index >= 15 is 0 Å². The Morgan fingerprint density at radius 3 is 2.54 bits per heavy atom. The van der Waals surface area contributed by atoms with Crippen LogP contribution in [0.2, 0.25) is 10.0 Å². The van der Waals surface area contributed by atoms with Gasteiger partial charge in [0.05, 0.1) is 15.7 Å². The number of nitrogens with zero attached hydrogens (tertiary/aromatic N) is 3. The molecular weight excluding hydrogens is 530 g/mol. The minimum absolute atomic E-state index is 0.0325. The number of pyridine rings is 1. The van der Waals surface area contributed by atoms with Gasteiger partial charge in [-0.1, -0.05) is 29.3 Å². The summed E-state index contributed by atoms with van der Waals surface area (Å²) in [5.74, 6) is -1.40. The summed E-state index contributed by atoms with van der Waals surface area (Å²) in [7, 11) is 0. The predicted octanol–water partition coefficient (Wildman–Crippen LogP) is 5.51. The number of alkyl halides is 3. The summed E-state index contributed by atoms with van der Waals surface area (Å²) >= 11 is 12.8. The number of fused-ring (bicyclic) bond motifs is 1. The maximum absolute atomic E-state index is 13.2. The third-order valence-electron chi connectivity index (χ3n) is 4.75. The zero-order valence-electron chi connectivity index (χ0n) is 17.6. The van der Waals surface area contributed by atoms with E-state index in [1.165, 1.54) is 23.9 Å². The van der Waals surface area contributed by atoms with Crippen molar-refractivity contribution in [3.63, 3.8) is 0 Å². The topological polar surface area (TPSA) is 112 Å². The average Bonchev–Trinajstić information content (AvgIpc) is 3.38. The van der Waals surface area contributed by atoms with Crippen LogP contribution in [0.15, 0.2) is 36.5 Å². The van der Waals surface area contributed by atoms with Crippen molar-refractivity contribution >= 4 is 62.3 Å². The molecule has 0 saturated heterocycles. The summed E-state index contributed by atoms with van der Waals surface area (Å²) in [4.78, 5) is 28.2. The second kappa shape index (κ2) is 9.36. The van der Waals surface area contributed by atoms with Crippen LogP contribution in [-0.2, 0) is 12.9 Å². The zero-order chi connectivity index (χ0) is 25.5. The fourth-order valence-corrected chi connectivity index (χ4v) is 4.77. The minimum Gasteiger partial charge on any atom is -0.468 e. The maximum Gasteiger partial charge on any atom is 0.433 e. The van der Waals surface area contributed by atoms with Crippen LogP contribution in [0.5, 0.6) is 5.75 Å². The molecule has 8 nitrogen and oxygen atoms in total. The molecular formula is C21H14Cl2F3N5O3S. The normalized spacial score (nSPS) is 11.6. The Morgan fingerprint density at radius 1 is 1.23 bits per heavy atom. The summed E-state index contributed by atoms with van der Waals surface area (Å²) in [5.41, 5.74) is 4.37. The van der Waals surface area contributed by atoms with Crippen molar-refractivity contribution in [2.24, 2.45) is 5.73 Å². The number of nitrogens with two attached hydrogens (primary N) is 1. The van der Waals surface area contributed by atoms with E-state index in [1.807, 2.05) is 0 Å². The molecule has 0 fully saturated rings. The molecule has 0 spiro atoms. The first-order valence-corrected chi connectivity index (χ1v) is 11.3. The van der Waals surface area contributed by atoms with Crippen LogP contribution in [0.3, 0.4) is 0 Å². The summed E-state index contributed by atoms with van der Waals surface area (Å²) in [6, 6.07) is 7.07. The molecule has 3 N–H and O–H groups in total. The van der Waals surface area contributed by atoms with Gasteiger partial charge in [0.2, 0.25) is 0 Å². The van der Waals surface area contributed by atoms with E-state index in [0.717, 1.165) is 6.07 Å². The number of carbonyl (C=O) groups is 2. The van der Waals surface area contributed by atoms with Crippen molar-refractivity contribution in [3.05, 3.63) is 68.4 Å². The lowest BCUT2D eigenvalue weighted by molar-refractivity contribution is -0.141. The molecule has 0 aliphatic rings.